The molecule has 1 amide bonds. The summed E-state index contributed by atoms with van der Waals surface area (Å²) in [5.41, 5.74) is 1.50. The topological polar surface area (TPSA) is 58.2 Å². The zero-order chi connectivity index (χ0) is 24.8. The van der Waals surface area contributed by atoms with Gasteiger partial charge in [-0.05, 0) is 48.6 Å². The first-order chi connectivity index (χ1) is 15.9. The molecule has 0 aromatic heterocycles. The van der Waals surface area contributed by atoms with Gasteiger partial charge in [-0.2, -0.15) is 13.2 Å². The van der Waals surface area contributed by atoms with Crippen LogP contribution < -0.4 is 10.6 Å². The van der Waals surface area contributed by atoms with Crippen LogP contribution in [0.25, 0.3) is 0 Å². The molecule has 2 aliphatic rings. The van der Waals surface area contributed by atoms with Crippen LogP contribution in [0.2, 0.25) is 5.02 Å². The molecule has 4 nitrogen and oxygen atoms in total. The van der Waals surface area contributed by atoms with E-state index in [-0.39, 0.29) is 22.5 Å². The molecule has 4 rings (SSSR count). The van der Waals surface area contributed by atoms with Crippen molar-refractivity contribution in [3.05, 3.63) is 87.2 Å². The molecule has 8 heteroatoms. The molecule has 34 heavy (non-hydrogen) atoms. The van der Waals surface area contributed by atoms with Crippen molar-refractivity contribution in [1.82, 2.24) is 5.32 Å². The molecule has 1 aliphatic carbocycles. The van der Waals surface area contributed by atoms with Crippen molar-refractivity contribution in [1.29, 1.82) is 0 Å². The highest BCUT2D eigenvalue weighted by molar-refractivity contribution is 6.31. The molecular formula is C26H24ClF3N2O2. The van der Waals surface area contributed by atoms with Crippen LogP contribution in [0.3, 0.4) is 0 Å². The molecule has 2 N–H and O–H groups in total. The fourth-order valence-corrected chi connectivity index (χ4v) is 4.97. The number of dihydropyridines is 1. The highest BCUT2D eigenvalue weighted by Crippen LogP contribution is 2.48. The number of hydrogen-bond donors (Lipinski definition) is 2. The SMILES string of the molecule is CC1=C(C(=O)Nc2cccc(C(F)(F)F)c2)C(c2ccccc2Cl)C2=C(CC(C)(C)CC2=O)N1. The Labute approximate surface area is 200 Å². The first kappa shape index (κ1) is 24.1. The normalized spacial score (nSPS) is 20.1. The largest absolute Gasteiger partial charge is 0.416 e. The van der Waals surface area contributed by atoms with Crippen LogP contribution >= 0.6 is 11.6 Å². The minimum atomic E-state index is -4.54. The predicted octanol–water partition coefficient (Wildman–Crippen LogP) is 6.60. The first-order valence-electron chi connectivity index (χ1n) is 10.8. The lowest BCUT2D eigenvalue weighted by Crippen LogP contribution is -2.39. The van der Waals surface area contributed by atoms with Gasteiger partial charge in [-0.3, -0.25) is 9.59 Å². The summed E-state index contributed by atoms with van der Waals surface area (Å²) < 4.78 is 39.5. The summed E-state index contributed by atoms with van der Waals surface area (Å²) in [6.07, 6.45) is -3.60. The van der Waals surface area contributed by atoms with Crippen LogP contribution in [0.15, 0.2) is 71.1 Å². The van der Waals surface area contributed by atoms with E-state index in [1.54, 1.807) is 31.2 Å². The van der Waals surface area contributed by atoms with E-state index in [0.717, 1.165) is 17.8 Å². The number of Topliss-reactive ketones (excluding diaryl/α,β-unsaturated/α-hetero) is 1. The van der Waals surface area contributed by atoms with Gasteiger partial charge in [0.25, 0.3) is 5.91 Å². The second kappa shape index (κ2) is 8.62. The lowest BCUT2D eigenvalue weighted by atomic mass is 9.68. The smallest absolute Gasteiger partial charge is 0.362 e. The van der Waals surface area contributed by atoms with Gasteiger partial charge in [-0.15, -0.1) is 0 Å². The second-order valence-corrected chi connectivity index (χ2v) is 9.89. The Morgan fingerprint density at radius 1 is 1.12 bits per heavy atom. The number of halogens is 4. The summed E-state index contributed by atoms with van der Waals surface area (Å²) in [4.78, 5) is 26.8. The average Bonchev–Trinajstić information content (AvgIpc) is 2.71. The zero-order valence-corrected chi connectivity index (χ0v) is 19.7. The van der Waals surface area contributed by atoms with Gasteiger partial charge in [-0.25, -0.2) is 0 Å². The number of hydrogen-bond acceptors (Lipinski definition) is 3. The van der Waals surface area contributed by atoms with E-state index in [1.165, 1.54) is 12.1 Å². The minimum absolute atomic E-state index is 0.00825. The molecular weight excluding hydrogens is 465 g/mol. The summed E-state index contributed by atoms with van der Waals surface area (Å²) in [5.74, 6) is -1.42. The standard InChI is InChI=1S/C26H24ClF3N2O2/c1-14-21(24(34)32-16-8-6-7-15(11-16)26(28,29)30)22(17-9-4-5-10-18(17)27)23-19(31-14)12-25(2,3)13-20(23)33/h4-11,22,31H,12-13H2,1-3H3,(H,32,34). The van der Waals surface area contributed by atoms with Crippen LogP contribution in [-0.2, 0) is 15.8 Å². The highest BCUT2D eigenvalue weighted by atomic mass is 35.5. The van der Waals surface area contributed by atoms with E-state index in [1.807, 2.05) is 13.8 Å². The van der Waals surface area contributed by atoms with Gasteiger partial charge in [0.2, 0.25) is 0 Å². The Morgan fingerprint density at radius 3 is 2.50 bits per heavy atom. The molecule has 2 aromatic carbocycles. The number of allylic oxidation sites excluding steroid dienone is 3. The lowest BCUT2D eigenvalue weighted by molar-refractivity contribution is -0.137. The van der Waals surface area contributed by atoms with Crippen LogP contribution in [-0.4, -0.2) is 11.7 Å². The molecule has 0 fully saturated rings. The molecule has 2 aromatic rings. The molecule has 0 saturated heterocycles. The fourth-order valence-electron chi connectivity index (χ4n) is 4.73. The third-order valence-electron chi connectivity index (χ3n) is 6.15. The van der Waals surface area contributed by atoms with Gasteiger partial charge in [0.05, 0.1) is 5.56 Å². The number of rotatable bonds is 3. The summed E-state index contributed by atoms with van der Waals surface area (Å²) in [7, 11) is 0. The molecule has 0 radical (unpaired) electrons. The molecule has 1 atom stereocenters. The highest BCUT2D eigenvalue weighted by Gasteiger charge is 2.43. The molecule has 0 bridgehead atoms. The van der Waals surface area contributed by atoms with E-state index in [4.69, 9.17) is 11.6 Å². The number of carbonyl (C=O) groups is 2. The second-order valence-electron chi connectivity index (χ2n) is 9.48. The third kappa shape index (κ3) is 4.62. The van der Waals surface area contributed by atoms with Crippen molar-refractivity contribution in [2.45, 2.75) is 45.7 Å². The number of amides is 1. The van der Waals surface area contributed by atoms with Crippen molar-refractivity contribution in [3.8, 4) is 0 Å². The Morgan fingerprint density at radius 2 is 1.82 bits per heavy atom. The molecule has 0 saturated carbocycles. The van der Waals surface area contributed by atoms with Crippen molar-refractivity contribution < 1.29 is 22.8 Å². The quantitative estimate of drug-likeness (QED) is 0.511. The molecule has 1 aliphatic heterocycles. The van der Waals surface area contributed by atoms with Crippen molar-refractivity contribution in [2.75, 3.05) is 5.32 Å². The summed E-state index contributed by atoms with van der Waals surface area (Å²) >= 11 is 6.51. The van der Waals surface area contributed by atoms with Crippen LogP contribution in [0.4, 0.5) is 18.9 Å². The van der Waals surface area contributed by atoms with E-state index in [0.29, 0.717) is 34.7 Å². The van der Waals surface area contributed by atoms with Crippen molar-refractivity contribution in [2.24, 2.45) is 5.41 Å². The molecule has 1 unspecified atom stereocenters. The van der Waals surface area contributed by atoms with Gasteiger partial charge >= 0.3 is 6.18 Å². The number of benzene rings is 2. The number of carbonyl (C=O) groups excluding carboxylic acids is 2. The van der Waals surface area contributed by atoms with Gasteiger partial charge in [0.1, 0.15) is 0 Å². The predicted molar refractivity (Wildman–Crippen MR) is 125 cm³/mol. The molecule has 178 valence electrons. The maximum Gasteiger partial charge on any atom is 0.416 e. The summed E-state index contributed by atoms with van der Waals surface area (Å²) in [6, 6.07) is 11.4. The number of anilines is 1. The Balaban J connectivity index is 1.79. The first-order valence-corrected chi connectivity index (χ1v) is 11.2. The van der Waals surface area contributed by atoms with E-state index >= 15 is 0 Å². The summed E-state index contributed by atoms with van der Waals surface area (Å²) in [5, 5.41) is 6.22. The van der Waals surface area contributed by atoms with Crippen LogP contribution in [0.1, 0.15) is 50.7 Å². The number of nitrogens with one attached hydrogen (secondary N) is 2. The molecule has 0 spiro atoms. The van der Waals surface area contributed by atoms with Gasteiger partial charge < -0.3 is 10.6 Å². The van der Waals surface area contributed by atoms with Gasteiger partial charge in [0, 0.05) is 45.6 Å². The fraction of sp³-hybridized carbons (Fsp3) is 0.308. The molecule has 1 heterocycles. The maximum absolute atomic E-state index is 13.5. The monoisotopic (exact) mass is 488 g/mol. The third-order valence-corrected chi connectivity index (χ3v) is 6.49. The van der Waals surface area contributed by atoms with Gasteiger partial charge in [0.15, 0.2) is 5.78 Å². The van der Waals surface area contributed by atoms with E-state index in [2.05, 4.69) is 10.6 Å². The Kier molecular flexibility index (Phi) is 6.10. The van der Waals surface area contributed by atoms with Crippen LogP contribution in [0, 0.1) is 5.41 Å². The lowest BCUT2D eigenvalue weighted by Gasteiger charge is -2.39. The Bertz CT molecular complexity index is 1240. The maximum atomic E-state index is 13.5. The summed E-state index contributed by atoms with van der Waals surface area (Å²) in [6.45, 7) is 5.74. The van der Waals surface area contributed by atoms with E-state index < -0.39 is 23.6 Å². The average molecular weight is 489 g/mol. The van der Waals surface area contributed by atoms with E-state index in [9.17, 15) is 22.8 Å². The minimum Gasteiger partial charge on any atom is -0.362 e. The Hall–Kier alpha value is -3.06. The van der Waals surface area contributed by atoms with Gasteiger partial charge in [-0.1, -0.05) is 49.7 Å². The number of ketones is 1. The van der Waals surface area contributed by atoms with Crippen molar-refractivity contribution in [3.63, 3.8) is 0 Å². The zero-order valence-electron chi connectivity index (χ0n) is 18.9. The van der Waals surface area contributed by atoms with Crippen LogP contribution in [0.5, 0.6) is 0 Å². The van der Waals surface area contributed by atoms with Crippen molar-refractivity contribution >= 4 is 29.0 Å². The number of alkyl halides is 3.